The van der Waals surface area contributed by atoms with Crippen molar-refractivity contribution < 1.29 is 0 Å². The standard InChI is InChI=1S/C2H8N2.Na.H/c1-3-4-2;;/h3-4H,1-2H3;;. The van der Waals surface area contributed by atoms with Crippen LogP contribution in [-0.4, -0.2) is 43.7 Å². The monoisotopic (exact) mass is 84.1 g/mol. The summed E-state index contributed by atoms with van der Waals surface area (Å²) < 4.78 is 0. The van der Waals surface area contributed by atoms with Gasteiger partial charge in [0.15, 0.2) is 0 Å². The zero-order chi connectivity index (χ0) is 3.41. The van der Waals surface area contributed by atoms with Crippen LogP contribution >= 0.6 is 0 Å². The fourth-order valence-corrected chi connectivity index (χ4v) is 0. The number of hydrogen-bond donors (Lipinski definition) is 2. The molecule has 0 spiro atoms. The van der Waals surface area contributed by atoms with E-state index in [1.165, 1.54) is 0 Å². The molecule has 0 aliphatic heterocycles. The van der Waals surface area contributed by atoms with Gasteiger partial charge in [-0.1, -0.05) is 0 Å². The van der Waals surface area contributed by atoms with Gasteiger partial charge in [-0.3, -0.25) is 10.9 Å². The zero-order valence-corrected chi connectivity index (χ0v) is 3.00. The van der Waals surface area contributed by atoms with Crippen LogP contribution in [0.5, 0.6) is 0 Å². The fraction of sp³-hybridized carbons (Fsp3) is 1.00. The van der Waals surface area contributed by atoms with E-state index in [2.05, 4.69) is 10.9 Å². The summed E-state index contributed by atoms with van der Waals surface area (Å²) in [6.45, 7) is 0. The molecule has 0 fully saturated rings. The van der Waals surface area contributed by atoms with E-state index >= 15 is 0 Å². The molecule has 0 saturated carbocycles. The summed E-state index contributed by atoms with van der Waals surface area (Å²) in [5.74, 6) is 0. The van der Waals surface area contributed by atoms with Gasteiger partial charge in [0.25, 0.3) is 0 Å². The van der Waals surface area contributed by atoms with Crippen LogP contribution in [0.1, 0.15) is 0 Å². The van der Waals surface area contributed by atoms with Gasteiger partial charge < -0.3 is 0 Å². The molecule has 0 aromatic carbocycles. The van der Waals surface area contributed by atoms with Crippen LogP contribution < -0.4 is 10.9 Å². The molecule has 0 amide bonds. The summed E-state index contributed by atoms with van der Waals surface area (Å²) >= 11 is 0. The van der Waals surface area contributed by atoms with Crippen LogP contribution in [0.25, 0.3) is 0 Å². The van der Waals surface area contributed by atoms with E-state index in [1.807, 2.05) is 14.1 Å². The number of rotatable bonds is 1. The minimum absolute atomic E-state index is 0. The summed E-state index contributed by atoms with van der Waals surface area (Å²) in [7, 11) is 3.64. The molecule has 0 aromatic rings. The van der Waals surface area contributed by atoms with Crippen molar-refractivity contribution in [3.63, 3.8) is 0 Å². The van der Waals surface area contributed by atoms with Gasteiger partial charge in [0, 0.05) is 0 Å². The van der Waals surface area contributed by atoms with E-state index in [0.717, 1.165) is 0 Å². The first kappa shape index (κ1) is 9.33. The minimum atomic E-state index is 0. The molecule has 0 atom stereocenters. The Kier molecular flexibility index (Phi) is 16.5. The Morgan fingerprint density at radius 2 is 1.20 bits per heavy atom. The summed E-state index contributed by atoms with van der Waals surface area (Å²) in [4.78, 5) is 0. The number of hydrogen-bond acceptors (Lipinski definition) is 2. The van der Waals surface area contributed by atoms with E-state index in [1.54, 1.807) is 0 Å². The zero-order valence-electron chi connectivity index (χ0n) is 3.00. The fourth-order valence-electron chi connectivity index (χ4n) is 0. The van der Waals surface area contributed by atoms with Crippen molar-refractivity contribution in [1.29, 1.82) is 0 Å². The maximum absolute atomic E-state index is 2.68. The van der Waals surface area contributed by atoms with E-state index in [-0.39, 0.29) is 29.6 Å². The molecule has 0 radical (unpaired) electrons. The van der Waals surface area contributed by atoms with Crippen molar-refractivity contribution in [2.45, 2.75) is 0 Å². The van der Waals surface area contributed by atoms with Gasteiger partial charge in [0.2, 0.25) is 0 Å². The van der Waals surface area contributed by atoms with Crippen molar-refractivity contribution in [1.82, 2.24) is 10.9 Å². The van der Waals surface area contributed by atoms with Crippen LogP contribution in [0, 0.1) is 0 Å². The molecule has 0 unspecified atom stereocenters. The Labute approximate surface area is 54.6 Å². The number of nitrogens with one attached hydrogen (secondary N) is 2. The van der Waals surface area contributed by atoms with Crippen LogP contribution in [0.3, 0.4) is 0 Å². The first-order chi connectivity index (χ1) is 1.91. The molecule has 0 aliphatic carbocycles. The van der Waals surface area contributed by atoms with Gasteiger partial charge in [-0.25, -0.2) is 0 Å². The van der Waals surface area contributed by atoms with Crippen LogP contribution in [0.2, 0.25) is 0 Å². The second kappa shape index (κ2) is 8.87. The van der Waals surface area contributed by atoms with Gasteiger partial charge in [-0.15, -0.1) is 0 Å². The van der Waals surface area contributed by atoms with Gasteiger partial charge in [0.1, 0.15) is 0 Å². The van der Waals surface area contributed by atoms with Crippen LogP contribution in [-0.2, 0) is 0 Å². The molecule has 0 heterocycles. The second-order valence-corrected chi connectivity index (χ2v) is 0.500. The third-order valence-electron chi connectivity index (χ3n) is 0.250. The average Bonchev–Trinajstić information content (AvgIpc) is 1.37. The Bertz CT molecular complexity index is 9.61. The molecular formula is C2H9N2Na. The van der Waals surface area contributed by atoms with Gasteiger partial charge in [0.05, 0.1) is 0 Å². The van der Waals surface area contributed by atoms with E-state index < -0.39 is 0 Å². The Hall–Kier alpha value is 0.920. The Balaban J connectivity index is 0. The molecule has 2 nitrogen and oxygen atoms in total. The predicted molar refractivity (Wildman–Crippen MR) is 25.3 cm³/mol. The molecule has 0 saturated heterocycles. The molecule has 0 aliphatic rings. The summed E-state index contributed by atoms with van der Waals surface area (Å²) in [5, 5.41) is 0. The first-order valence-corrected chi connectivity index (χ1v) is 1.25. The first-order valence-electron chi connectivity index (χ1n) is 1.25. The topological polar surface area (TPSA) is 24.1 Å². The van der Waals surface area contributed by atoms with E-state index in [0.29, 0.717) is 0 Å². The van der Waals surface area contributed by atoms with Gasteiger partial charge in [-0.2, -0.15) is 0 Å². The predicted octanol–water partition coefficient (Wildman–Crippen LogP) is -1.31. The Morgan fingerprint density at radius 3 is 1.20 bits per heavy atom. The van der Waals surface area contributed by atoms with E-state index in [9.17, 15) is 0 Å². The normalized spacial score (nSPS) is 6.00. The molecule has 5 heavy (non-hydrogen) atoms. The molecule has 0 bridgehead atoms. The second-order valence-electron chi connectivity index (χ2n) is 0.500. The van der Waals surface area contributed by atoms with Crippen molar-refractivity contribution in [2.24, 2.45) is 0 Å². The quantitative estimate of drug-likeness (QED) is 0.304. The molecule has 2 N–H and O–H groups in total. The van der Waals surface area contributed by atoms with Crippen LogP contribution in [0.4, 0.5) is 0 Å². The number of hydrazine groups is 1. The third kappa shape index (κ3) is 11.4. The summed E-state index contributed by atoms with van der Waals surface area (Å²) in [5.41, 5.74) is 5.36. The van der Waals surface area contributed by atoms with Crippen molar-refractivity contribution in [3.05, 3.63) is 0 Å². The SMILES string of the molecule is CNNC.[NaH]. The average molecular weight is 84.1 g/mol. The van der Waals surface area contributed by atoms with Crippen molar-refractivity contribution >= 4 is 29.6 Å². The maximum atomic E-state index is 2.68. The Morgan fingerprint density at radius 1 is 1.00 bits per heavy atom. The molecule has 0 rings (SSSR count). The van der Waals surface area contributed by atoms with Crippen molar-refractivity contribution in [3.8, 4) is 0 Å². The third-order valence-corrected chi connectivity index (χ3v) is 0.250. The molecular weight excluding hydrogens is 75.0 g/mol. The summed E-state index contributed by atoms with van der Waals surface area (Å²) in [6.07, 6.45) is 0. The van der Waals surface area contributed by atoms with Crippen molar-refractivity contribution in [2.75, 3.05) is 14.1 Å². The van der Waals surface area contributed by atoms with Gasteiger partial charge in [-0.05, 0) is 14.1 Å². The molecule has 3 heteroatoms. The molecule has 0 aromatic heterocycles. The van der Waals surface area contributed by atoms with Crippen LogP contribution in [0.15, 0.2) is 0 Å². The van der Waals surface area contributed by atoms with Gasteiger partial charge >= 0.3 is 29.6 Å². The van der Waals surface area contributed by atoms with E-state index in [4.69, 9.17) is 0 Å². The molecule has 28 valence electrons. The summed E-state index contributed by atoms with van der Waals surface area (Å²) in [6, 6.07) is 0.